The average molecular weight is 499 g/mol. The fourth-order valence-corrected chi connectivity index (χ4v) is 5.56. The number of morpholine rings is 1. The van der Waals surface area contributed by atoms with E-state index in [4.69, 9.17) is 21.1 Å². The zero-order valence-electron chi connectivity index (χ0n) is 18.0. The lowest BCUT2D eigenvalue weighted by Crippen LogP contribution is -2.40. The lowest BCUT2D eigenvalue weighted by Gasteiger charge is -2.26. The van der Waals surface area contributed by atoms with Crippen LogP contribution in [0.15, 0.2) is 47.4 Å². The van der Waals surface area contributed by atoms with Crippen molar-refractivity contribution in [2.24, 2.45) is 0 Å². The van der Waals surface area contributed by atoms with Gasteiger partial charge in [0, 0.05) is 23.9 Å². The highest BCUT2D eigenvalue weighted by atomic mass is 35.5. The van der Waals surface area contributed by atoms with E-state index in [0.717, 1.165) is 5.56 Å². The number of nitrogens with one attached hydrogen (secondary N) is 1. The first-order valence-electron chi connectivity index (χ1n) is 10.3. The fraction of sp³-hybridized carbons (Fsp3) is 0.409. The summed E-state index contributed by atoms with van der Waals surface area (Å²) < 4.78 is 38.5. The number of anilines is 1. The molecule has 0 atom stereocenters. The van der Waals surface area contributed by atoms with Gasteiger partial charge in [0.25, 0.3) is 0 Å². The highest BCUT2D eigenvalue weighted by molar-refractivity contribution is 7.99. The summed E-state index contributed by atoms with van der Waals surface area (Å²) in [4.78, 5) is 12.7. The van der Waals surface area contributed by atoms with Crippen molar-refractivity contribution in [3.63, 3.8) is 0 Å². The van der Waals surface area contributed by atoms with Gasteiger partial charge in [-0.1, -0.05) is 23.7 Å². The SMILES string of the molecule is CC(C)Oc1ccc(S(=O)(=O)N2CCOCC2)cc1NC(=O)CSCc1cccc(Cl)c1. The Balaban J connectivity index is 1.72. The lowest BCUT2D eigenvalue weighted by molar-refractivity contribution is -0.113. The lowest BCUT2D eigenvalue weighted by atomic mass is 10.2. The Bertz CT molecular complexity index is 1040. The molecule has 2 aromatic rings. The average Bonchev–Trinajstić information content (AvgIpc) is 2.75. The molecule has 0 bridgehead atoms. The normalized spacial score (nSPS) is 15.0. The van der Waals surface area contributed by atoms with Gasteiger partial charge in [0.1, 0.15) is 5.75 Å². The van der Waals surface area contributed by atoms with E-state index >= 15 is 0 Å². The monoisotopic (exact) mass is 498 g/mol. The number of carbonyl (C=O) groups excluding carboxylic acids is 1. The number of hydrogen-bond donors (Lipinski definition) is 1. The molecule has 1 N–H and O–H groups in total. The molecule has 1 aliphatic rings. The maximum absolute atomic E-state index is 13.0. The molecule has 1 aliphatic heterocycles. The van der Waals surface area contributed by atoms with Crippen LogP contribution in [-0.4, -0.2) is 56.8 Å². The molecule has 7 nitrogen and oxygen atoms in total. The quantitative estimate of drug-likeness (QED) is 0.562. The van der Waals surface area contributed by atoms with Crippen LogP contribution >= 0.6 is 23.4 Å². The number of amides is 1. The number of halogens is 1. The van der Waals surface area contributed by atoms with Gasteiger partial charge in [-0.3, -0.25) is 4.79 Å². The first-order valence-corrected chi connectivity index (χ1v) is 13.2. The van der Waals surface area contributed by atoms with Crippen LogP contribution in [0.2, 0.25) is 5.02 Å². The number of ether oxygens (including phenoxy) is 2. The summed E-state index contributed by atoms with van der Waals surface area (Å²) in [6, 6.07) is 12.0. The molecule has 0 spiro atoms. The van der Waals surface area contributed by atoms with Gasteiger partial charge in [0.15, 0.2) is 0 Å². The molecular formula is C22H27ClN2O5S2. The molecular weight excluding hydrogens is 472 g/mol. The van der Waals surface area contributed by atoms with Crippen LogP contribution in [0.3, 0.4) is 0 Å². The Morgan fingerprint density at radius 1 is 1.22 bits per heavy atom. The van der Waals surface area contributed by atoms with E-state index in [9.17, 15) is 13.2 Å². The maximum Gasteiger partial charge on any atom is 0.243 e. The first kappa shape index (κ1) is 24.9. The van der Waals surface area contributed by atoms with Crippen LogP contribution < -0.4 is 10.1 Å². The van der Waals surface area contributed by atoms with E-state index in [1.54, 1.807) is 12.1 Å². The minimum Gasteiger partial charge on any atom is -0.489 e. The van der Waals surface area contributed by atoms with Crippen molar-refractivity contribution >= 4 is 45.0 Å². The molecule has 0 aliphatic carbocycles. The molecule has 32 heavy (non-hydrogen) atoms. The highest BCUT2D eigenvalue weighted by Crippen LogP contribution is 2.30. The topological polar surface area (TPSA) is 84.9 Å². The van der Waals surface area contributed by atoms with Gasteiger partial charge in [-0.05, 0) is 49.7 Å². The summed E-state index contributed by atoms with van der Waals surface area (Å²) >= 11 is 7.44. The van der Waals surface area contributed by atoms with Crippen LogP contribution in [0.4, 0.5) is 5.69 Å². The molecule has 10 heteroatoms. The number of sulfonamides is 1. The van der Waals surface area contributed by atoms with Gasteiger partial charge in [0.2, 0.25) is 15.9 Å². The third kappa shape index (κ3) is 6.86. The van der Waals surface area contributed by atoms with Crippen LogP contribution in [0.1, 0.15) is 19.4 Å². The number of rotatable bonds is 9. The third-order valence-electron chi connectivity index (χ3n) is 4.59. The summed E-state index contributed by atoms with van der Waals surface area (Å²) in [6.45, 7) is 5.06. The molecule has 3 rings (SSSR count). The van der Waals surface area contributed by atoms with Crippen molar-refractivity contribution in [1.29, 1.82) is 0 Å². The Morgan fingerprint density at radius 2 is 1.97 bits per heavy atom. The molecule has 0 unspecified atom stereocenters. The standard InChI is InChI=1S/C22H27ClN2O5S2/c1-16(2)30-21-7-6-19(32(27,28)25-8-10-29-11-9-25)13-20(21)24-22(26)15-31-14-17-4-3-5-18(23)12-17/h3-7,12-13,16H,8-11,14-15H2,1-2H3,(H,24,26). The molecule has 174 valence electrons. The Labute approximate surface area is 198 Å². The van der Waals surface area contributed by atoms with E-state index in [1.807, 2.05) is 32.0 Å². The Morgan fingerprint density at radius 3 is 2.66 bits per heavy atom. The van der Waals surface area contributed by atoms with Gasteiger partial charge in [-0.25, -0.2) is 8.42 Å². The van der Waals surface area contributed by atoms with Crippen LogP contribution in [0.5, 0.6) is 5.75 Å². The van der Waals surface area contributed by atoms with Crippen LogP contribution in [0.25, 0.3) is 0 Å². The van der Waals surface area contributed by atoms with Gasteiger partial charge in [-0.2, -0.15) is 4.31 Å². The van der Waals surface area contributed by atoms with Gasteiger partial charge in [0.05, 0.1) is 35.7 Å². The van der Waals surface area contributed by atoms with E-state index in [-0.39, 0.29) is 22.7 Å². The molecule has 1 heterocycles. The second-order valence-electron chi connectivity index (χ2n) is 7.51. The largest absolute Gasteiger partial charge is 0.489 e. The van der Waals surface area contributed by atoms with Crippen molar-refractivity contribution in [2.45, 2.75) is 30.6 Å². The van der Waals surface area contributed by atoms with E-state index in [0.29, 0.717) is 48.5 Å². The van der Waals surface area contributed by atoms with Crippen LogP contribution in [0, 0.1) is 0 Å². The Kier molecular flexibility index (Phi) is 8.84. The predicted molar refractivity (Wildman–Crippen MR) is 128 cm³/mol. The molecule has 1 fully saturated rings. The zero-order valence-corrected chi connectivity index (χ0v) is 20.4. The summed E-state index contributed by atoms with van der Waals surface area (Å²) in [6.07, 6.45) is -0.135. The second-order valence-corrected chi connectivity index (χ2v) is 10.9. The van der Waals surface area contributed by atoms with Gasteiger partial charge >= 0.3 is 0 Å². The minimum absolute atomic E-state index is 0.109. The van der Waals surface area contributed by atoms with Gasteiger partial charge < -0.3 is 14.8 Å². The summed E-state index contributed by atoms with van der Waals surface area (Å²) in [5.41, 5.74) is 1.36. The zero-order chi connectivity index (χ0) is 23.1. The summed E-state index contributed by atoms with van der Waals surface area (Å²) in [5.74, 6) is 1.02. The highest BCUT2D eigenvalue weighted by Gasteiger charge is 2.27. The van der Waals surface area contributed by atoms with Crippen LogP contribution in [-0.2, 0) is 25.3 Å². The molecule has 1 amide bonds. The first-order chi connectivity index (χ1) is 15.3. The van der Waals surface area contributed by atoms with E-state index < -0.39 is 10.0 Å². The smallest absolute Gasteiger partial charge is 0.243 e. The van der Waals surface area contributed by atoms with Crippen molar-refractivity contribution in [3.8, 4) is 5.75 Å². The molecule has 0 aromatic heterocycles. The van der Waals surface area contributed by atoms with Crippen molar-refractivity contribution in [3.05, 3.63) is 53.1 Å². The third-order valence-corrected chi connectivity index (χ3v) is 7.72. The predicted octanol–water partition coefficient (Wildman–Crippen LogP) is 4.02. The number of nitrogens with zero attached hydrogens (tertiary/aromatic N) is 1. The van der Waals surface area contributed by atoms with Crippen molar-refractivity contribution in [2.75, 3.05) is 37.4 Å². The number of carbonyl (C=O) groups is 1. The second kappa shape index (κ2) is 11.4. The molecule has 0 radical (unpaired) electrons. The number of thioether (sulfide) groups is 1. The number of benzene rings is 2. The molecule has 1 saturated heterocycles. The number of hydrogen-bond acceptors (Lipinski definition) is 6. The summed E-state index contributed by atoms with van der Waals surface area (Å²) in [7, 11) is -3.69. The summed E-state index contributed by atoms with van der Waals surface area (Å²) in [5, 5.41) is 3.46. The minimum atomic E-state index is -3.69. The van der Waals surface area contributed by atoms with Gasteiger partial charge in [-0.15, -0.1) is 11.8 Å². The van der Waals surface area contributed by atoms with E-state index in [2.05, 4.69) is 5.32 Å². The van der Waals surface area contributed by atoms with E-state index in [1.165, 1.54) is 28.2 Å². The Hall–Kier alpha value is -1.78. The maximum atomic E-state index is 13.0. The molecule has 0 saturated carbocycles. The fourth-order valence-electron chi connectivity index (χ4n) is 3.13. The van der Waals surface area contributed by atoms with Crippen molar-refractivity contribution < 1.29 is 22.7 Å². The molecule has 2 aromatic carbocycles. The van der Waals surface area contributed by atoms with Crippen molar-refractivity contribution in [1.82, 2.24) is 4.31 Å².